The van der Waals surface area contributed by atoms with Crippen LogP contribution in [0.15, 0.2) is 53.4 Å². The number of carbonyl (C=O) groups is 1. The van der Waals surface area contributed by atoms with E-state index in [1.165, 1.54) is 0 Å². The van der Waals surface area contributed by atoms with Crippen LogP contribution in [-0.4, -0.2) is 50.4 Å². The molecule has 0 radical (unpaired) electrons. The highest BCUT2D eigenvalue weighted by Gasteiger charge is 2.18. The fourth-order valence-electron chi connectivity index (χ4n) is 2.38. The van der Waals surface area contributed by atoms with E-state index in [1.54, 1.807) is 18.9 Å². The second-order valence-electron chi connectivity index (χ2n) is 5.88. The van der Waals surface area contributed by atoms with Gasteiger partial charge in [0.05, 0.1) is 13.2 Å². The molecular weight excluding hydrogens is 348 g/mol. The van der Waals surface area contributed by atoms with E-state index < -0.39 is 0 Å². The van der Waals surface area contributed by atoms with Crippen molar-refractivity contribution in [3.05, 3.63) is 48.5 Å². The number of nitrogens with one attached hydrogen (secondary N) is 1. The van der Waals surface area contributed by atoms with Crippen molar-refractivity contribution in [1.82, 2.24) is 4.90 Å². The Morgan fingerprint density at radius 3 is 2.62 bits per heavy atom. The van der Waals surface area contributed by atoms with Crippen LogP contribution in [0, 0.1) is 0 Å². The van der Waals surface area contributed by atoms with Crippen molar-refractivity contribution in [3.63, 3.8) is 0 Å². The number of para-hydroxylation sites is 2. The fraction of sp³-hybridized carbons (Fsp3) is 0.350. The van der Waals surface area contributed by atoms with Gasteiger partial charge in [0.2, 0.25) is 5.91 Å². The first-order valence-corrected chi connectivity index (χ1v) is 9.68. The number of carbonyl (C=O) groups excluding carboxylic acids is 1. The molecule has 1 atom stereocenters. The molecule has 0 aliphatic carbocycles. The minimum Gasteiger partial charge on any atom is -0.493 e. The molecule has 0 fully saturated rings. The van der Waals surface area contributed by atoms with E-state index in [-0.39, 0.29) is 11.9 Å². The lowest BCUT2D eigenvalue weighted by Crippen LogP contribution is -2.41. The van der Waals surface area contributed by atoms with Gasteiger partial charge in [-0.3, -0.25) is 9.69 Å². The van der Waals surface area contributed by atoms with Crippen molar-refractivity contribution >= 4 is 23.4 Å². The number of ether oxygens (including phenoxy) is 2. The SMILES string of the molecule is COc1ccccc1OCCN(C)C(C)C(=O)Nc1cccc(SC)c1. The minimum atomic E-state index is -0.269. The topological polar surface area (TPSA) is 50.8 Å². The molecular formula is C20H26N2O3S. The Kier molecular flexibility index (Phi) is 7.81. The van der Waals surface area contributed by atoms with Crippen LogP contribution in [0.1, 0.15) is 6.92 Å². The van der Waals surface area contributed by atoms with E-state index >= 15 is 0 Å². The predicted molar refractivity (Wildman–Crippen MR) is 107 cm³/mol. The quantitative estimate of drug-likeness (QED) is 0.678. The summed E-state index contributed by atoms with van der Waals surface area (Å²) in [5.74, 6) is 1.37. The van der Waals surface area contributed by atoms with Crippen molar-refractivity contribution in [1.29, 1.82) is 0 Å². The lowest BCUT2D eigenvalue weighted by atomic mass is 10.2. The molecule has 2 aromatic carbocycles. The summed E-state index contributed by atoms with van der Waals surface area (Å²) in [4.78, 5) is 15.5. The Morgan fingerprint density at radius 1 is 1.19 bits per heavy atom. The zero-order valence-corrected chi connectivity index (χ0v) is 16.5. The summed E-state index contributed by atoms with van der Waals surface area (Å²) in [7, 11) is 3.53. The van der Waals surface area contributed by atoms with Gasteiger partial charge < -0.3 is 14.8 Å². The van der Waals surface area contributed by atoms with Crippen LogP contribution < -0.4 is 14.8 Å². The van der Waals surface area contributed by atoms with Crippen molar-refractivity contribution in [2.45, 2.75) is 17.9 Å². The van der Waals surface area contributed by atoms with Crippen molar-refractivity contribution < 1.29 is 14.3 Å². The Bertz CT molecular complexity index is 724. The van der Waals surface area contributed by atoms with E-state index in [4.69, 9.17) is 9.47 Å². The molecule has 1 N–H and O–H groups in total. The first-order chi connectivity index (χ1) is 12.5. The normalized spacial score (nSPS) is 11.9. The van der Waals surface area contributed by atoms with Gasteiger partial charge in [-0.1, -0.05) is 18.2 Å². The van der Waals surface area contributed by atoms with Crippen LogP contribution in [-0.2, 0) is 4.79 Å². The van der Waals surface area contributed by atoms with Gasteiger partial charge in [0.15, 0.2) is 11.5 Å². The average molecular weight is 375 g/mol. The maximum Gasteiger partial charge on any atom is 0.241 e. The van der Waals surface area contributed by atoms with Crippen LogP contribution in [0.25, 0.3) is 0 Å². The molecule has 2 rings (SSSR count). The van der Waals surface area contributed by atoms with Crippen molar-refractivity contribution in [2.75, 3.05) is 38.9 Å². The number of rotatable bonds is 9. The molecule has 5 nitrogen and oxygen atoms in total. The van der Waals surface area contributed by atoms with Gasteiger partial charge in [0, 0.05) is 17.1 Å². The van der Waals surface area contributed by atoms with Gasteiger partial charge in [-0.2, -0.15) is 0 Å². The summed E-state index contributed by atoms with van der Waals surface area (Å²) in [5.41, 5.74) is 0.812. The second kappa shape index (κ2) is 10.1. The number of benzene rings is 2. The molecule has 0 saturated heterocycles. The maximum atomic E-state index is 12.5. The predicted octanol–water partition coefficient (Wildman–Crippen LogP) is 3.75. The summed E-state index contributed by atoms with van der Waals surface area (Å²) in [6, 6.07) is 15.1. The zero-order valence-electron chi connectivity index (χ0n) is 15.7. The van der Waals surface area contributed by atoms with E-state index in [1.807, 2.05) is 73.7 Å². The number of hydrogen-bond acceptors (Lipinski definition) is 5. The molecule has 6 heteroatoms. The standard InChI is InChI=1S/C20H26N2O3S/c1-15(20(23)21-16-8-7-9-17(14-16)26-4)22(2)12-13-25-19-11-6-5-10-18(19)24-3/h5-11,14-15H,12-13H2,1-4H3,(H,21,23). The molecule has 26 heavy (non-hydrogen) atoms. The second-order valence-corrected chi connectivity index (χ2v) is 6.76. The molecule has 140 valence electrons. The van der Waals surface area contributed by atoms with E-state index in [0.29, 0.717) is 24.7 Å². The molecule has 0 aromatic heterocycles. The third kappa shape index (κ3) is 5.68. The van der Waals surface area contributed by atoms with Crippen LogP contribution in [0.4, 0.5) is 5.69 Å². The molecule has 0 bridgehead atoms. The fourth-order valence-corrected chi connectivity index (χ4v) is 2.84. The summed E-state index contributed by atoms with van der Waals surface area (Å²) in [6.07, 6.45) is 2.01. The maximum absolute atomic E-state index is 12.5. The van der Waals surface area contributed by atoms with Crippen LogP contribution in [0.3, 0.4) is 0 Å². The number of thioether (sulfide) groups is 1. The van der Waals surface area contributed by atoms with Crippen LogP contribution >= 0.6 is 11.8 Å². The van der Waals surface area contributed by atoms with E-state index in [9.17, 15) is 4.79 Å². The number of methoxy groups -OCH3 is 1. The van der Waals surface area contributed by atoms with Crippen LogP contribution in [0.5, 0.6) is 11.5 Å². The van der Waals surface area contributed by atoms with Gasteiger partial charge in [-0.05, 0) is 50.6 Å². The molecule has 0 heterocycles. The lowest BCUT2D eigenvalue weighted by molar-refractivity contribution is -0.120. The van der Waals surface area contributed by atoms with Gasteiger partial charge in [-0.15, -0.1) is 11.8 Å². The molecule has 1 amide bonds. The number of nitrogens with zero attached hydrogens (tertiary/aromatic N) is 1. The highest BCUT2D eigenvalue weighted by atomic mass is 32.2. The minimum absolute atomic E-state index is 0.0388. The Labute approximate surface area is 159 Å². The largest absolute Gasteiger partial charge is 0.493 e. The summed E-state index contributed by atoms with van der Waals surface area (Å²) < 4.78 is 11.0. The van der Waals surface area contributed by atoms with Gasteiger partial charge in [0.1, 0.15) is 6.61 Å². The molecule has 2 aromatic rings. The Morgan fingerprint density at radius 2 is 1.92 bits per heavy atom. The first kappa shape index (κ1) is 20.1. The Balaban J connectivity index is 1.84. The molecule has 0 saturated carbocycles. The molecule has 0 aliphatic rings. The highest BCUT2D eigenvalue weighted by molar-refractivity contribution is 7.98. The van der Waals surface area contributed by atoms with Gasteiger partial charge >= 0.3 is 0 Å². The third-order valence-corrected chi connectivity index (χ3v) is 4.87. The lowest BCUT2D eigenvalue weighted by Gasteiger charge is -2.24. The van der Waals surface area contributed by atoms with Gasteiger partial charge in [-0.25, -0.2) is 0 Å². The highest BCUT2D eigenvalue weighted by Crippen LogP contribution is 2.25. The smallest absolute Gasteiger partial charge is 0.241 e. The number of anilines is 1. The van der Waals surface area contributed by atoms with Gasteiger partial charge in [0.25, 0.3) is 0 Å². The summed E-state index contributed by atoms with van der Waals surface area (Å²) in [6.45, 7) is 2.98. The van der Waals surface area contributed by atoms with Crippen LogP contribution in [0.2, 0.25) is 0 Å². The van der Waals surface area contributed by atoms with Crippen molar-refractivity contribution in [3.8, 4) is 11.5 Å². The van der Waals surface area contributed by atoms with E-state index in [2.05, 4.69) is 5.32 Å². The molecule has 0 aliphatic heterocycles. The number of hydrogen-bond donors (Lipinski definition) is 1. The monoisotopic (exact) mass is 374 g/mol. The summed E-state index contributed by atoms with van der Waals surface area (Å²) >= 11 is 1.65. The van der Waals surface area contributed by atoms with E-state index in [0.717, 1.165) is 10.6 Å². The molecule has 1 unspecified atom stereocenters. The number of likely N-dealkylation sites (N-methyl/N-ethyl adjacent to an activating group) is 1. The first-order valence-electron chi connectivity index (χ1n) is 8.46. The number of amides is 1. The average Bonchev–Trinajstić information content (AvgIpc) is 2.67. The third-order valence-electron chi connectivity index (χ3n) is 4.15. The summed E-state index contributed by atoms with van der Waals surface area (Å²) in [5, 5.41) is 2.97. The van der Waals surface area contributed by atoms with Crippen molar-refractivity contribution in [2.24, 2.45) is 0 Å². The zero-order chi connectivity index (χ0) is 18.9. The molecule has 0 spiro atoms. The Hall–Kier alpha value is -2.18.